The highest BCUT2D eigenvalue weighted by Crippen LogP contribution is 2.13. The molecule has 0 saturated heterocycles. The number of benzene rings is 1. The van der Waals surface area contributed by atoms with Crippen LogP contribution in [0.3, 0.4) is 0 Å². The Morgan fingerprint density at radius 3 is 2.65 bits per heavy atom. The number of rotatable bonds is 7. The molecule has 0 spiro atoms. The van der Waals surface area contributed by atoms with E-state index in [9.17, 15) is 4.79 Å². The summed E-state index contributed by atoms with van der Waals surface area (Å²) in [6.45, 7) is 2.48. The Morgan fingerprint density at radius 2 is 2.00 bits per heavy atom. The molecule has 0 saturated carbocycles. The molecule has 5 nitrogen and oxygen atoms in total. The molecule has 2 N–H and O–H groups in total. The third-order valence-corrected chi connectivity index (χ3v) is 3.58. The van der Waals surface area contributed by atoms with Crippen LogP contribution in [0.2, 0.25) is 0 Å². The van der Waals surface area contributed by atoms with Crippen molar-refractivity contribution in [2.24, 2.45) is 0 Å². The van der Waals surface area contributed by atoms with Crippen LogP contribution in [0.1, 0.15) is 24.5 Å². The maximum atomic E-state index is 11.9. The summed E-state index contributed by atoms with van der Waals surface area (Å²) < 4.78 is 5.14. The second kappa shape index (κ2) is 8.78. The molecule has 1 heterocycles. The molecule has 0 aliphatic rings. The Hall–Kier alpha value is -2.56. The monoisotopic (exact) mass is 313 g/mol. The van der Waals surface area contributed by atoms with E-state index < -0.39 is 0 Å². The number of ether oxygens (including phenoxy) is 1. The Kier molecular flexibility index (Phi) is 6.41. The standard InChI is InChI=1S/C18H23N3O2/c1-14(5-6-15-7-9-17(23-2)10-8-15)21-18(22)20-13-16-4-3-11-19-12-16/h3-4,7-12,14H,5-6,13H2,1-2H3,(H2,20,21,22). The highest BCUT2D eigenvalue weighted by molar-refractivity contribution is 5.74. The predicted molar refractivity (Wildman–Crippen MR) is 90.4 cm³/mol. The summed E-state index contributed by atoms with van der Waals surface area (Å²) in [6.07, 6.45) is 5.25. The van der Waals surface area contributed by atoms with Crippen molar-refractivity contribution in [1.82, 2.24) is 15.6 Å². The quantitative estimate of drug-likeness (QED) is 0.826. The number of methoxy groups -OCH3 is 1. The van der Waals surface area contributed by atoms with E-state index in [0.717, 1.165) is 24.2 Å². The van der Waals surface area contributed by atoms with Gasteiger partial charge in [0.05, 0.1) is 7.11 Å². The number of carbonyl (C=O) groups excluding carboxylic acids is 1. The van der Waals surface area contributed by atoms with Gasteiger partial charge in [0.15, 0.2) is 0 Å². The number of nitrogens with zero attached hydrogens (tertiary/aromatic N) is 1. The number of amides is 2. The summed E-state index contributed by atoms with van der Waals surface area (Å²) in [4.78, 5) is 15.9. The molecule has 2 aromatic rings. The largest absolute Gasteiger partial charge is 0.497 e. The lowest BCUT2D eigenvalue weighted by atomic mass is 10.1. The lowest BCUT2D eigenvalue weighted by Crippen LogP contribution is -2.40. The molecule has 0 aliphatic heterocycles. The van der Waals surface area contributed by atoms with Crippen LogP contribution in [0.15, 0.2) is 48.8 Å². The van der Waals surface area contributed by atoms with Crippen LogP contribution in [0.25, 0.3) is 0 Å². The second-order valence-corrected chi connectivity index (χ2v) is 5.48. The van der Waals surface area contributed by atoms with Crippen molar-refractivity contribution in [3.8, 4) is 5.75 Å². The van der Waals surface area contributed by atoms with Gasteiger partial charge in [0.25, 0.3) is 0 Å². The molecule has 5 heteroatoms. The number of aromatic nitrogens is 1. The third-order valence-electron chi connectivity index (χ3n) is 3.58. The maximum Gasteiger partial charge on any atom is 0.315 e. The molecule has 1 atom stereocenters. The van der Waals surface area contributed by atoms with Gasteiger partial charge in [0.2, 0.25) is 0 Å². The van der Waals surface area contributed by atoms with E-state index in [1.54, 1.807) is 19.5 Å². The minimum absolute atomic E-state index is 0.103. The number of urea groups is 1. The van der Waals surface area contributed by atoms with Crippen molar-refractivity contribution in [2.75, 3.05) is 7.11 Å². The SMILES string of the molecule is COc1ccc(CCC(C)NC(=O)NCc2cccnc2)cc1. The maximum absolute atomic E-state index is 11.9. The van der Waals surface area contributed by atoms with Crippen LogP contribution in [0.5, 0.6) is 5.75 Å². The van der Waals surface area contributed by atoms with Gasteiger partial charge in [-0.15, -0.1) is 0 Å². The van der Waals surface area contributed by atoms with Gasteiger partial charge in [-0.1, -0.05) is 18.2 Å². The van der Waals surface area contributed by atoms with E-state index in [1.165, 1.54) is 5.56 Å². The van der Waals surface area contributed by atoms with Crippen LogP contribution >= 0.6 is 0 Å². The number of hydrogen-bond donors (Lipinski definition) is 2. The van der Waals surface area contributed by atoms with Gasteiger partial charge in [0, 0.05) is 25.0 Å². The van der Waals surface area contributed by atoms with Gasteiger partial charge in [-0.25, -0.2) is 4.79 Å². The topological polar surface area (TPSA) is 63.2 Å². The Labute approximate surface area is 137 Å². The zero-order valence-electron chi connectivity index (χ0n) is 13.6. The Morgan fingerprint density at radius 1 is 1.22 bits per heavy atom. The number of aryl methyl sites for hydroxylation is 1. The van der Waals surface area contributed by atoms with E-state index in [2.05, 4.69) is 15.6 Å². The number of nitrogens with one attached hydrogen (secondary N) is 2. The fourth-order valence-corrected chi connectivity index (χ4v) is 2.21. The fourth-order valence-electron chi connectivity index (χ4n) is 2.21. The van der Waals surface area contributed by atoms with Crippen molar-refractivity contribution < 1.29 is 9.53 Å². The number of carbonyl (C=O) groups is 1. The van der Waals surface area contributed by atoms with E-state index in [4.69, 9.17) is 4.74 Å². The average Bonchev–Trinajstić information content (AvgIpc) is 2.59. The molecule has 1 aromatic carbocycles. The molecule has 0 bridgehead atoms. The van der Waals surface area contributed by atoms with E-state index >= 15 is 0 Å². The molecule has 0 radical (unpaired) electrons. The highest BCUT2D eigenvalue weighted by Gasteiger charge is 2.07. The first kappa shape index (κ1) is 16.8. The van der Waals surface area contributed by atoms with Crippen LogP contribution in [-0.4, -0.2) is 24.2 Å². The molecular weight excluding hydrogens is 290 g/mol. The van der Waals surface area contributed by atoms with Crippen LogP contribution in [0.4, 0.5) is 4.79 Å². The number of hydrogen-bond acceptors (Lipinski definition) is 3. The van der Waals surface area contributed by atoms with Gasteiger partial charge in [-0.3, -0.25) is 4.98 Å². The summed E-state index contributed by atoms with van der Waals surface area (Å²) in [5, 5.41) is 5.78. The lowest BCUT2D eigenvalue weighted by molar-refractivity contribution is 0.237. The first-order chi connectivity index (χ1) is 11.2. The second-order valence-electron chi connectivity index (χ2n) is 5.48. The Bertz CT molecular complexity index is 599. The van der Waals surface area contributed by atoms with Crippen molar-refractivity contribution in [2.45, 2.75) is 32.4 Å². The van der Waals surface area contributed by atoms with Gasteiger partial charge in [-0.2, -0.15) is 0 Å². The van der Waals surface area contributed by atoms with E-state index in [-0.39, 0.29) is 12.1 Å². The molecular formula is C18H23N3O2. The molecule has 1 unspecified atom stereocenters. The van der Waals surface area contributed by atoms with Crippen molar-refractivity contribution in [1.29, 1.82) is 0 Å². The van der Waals surface area contributed by atoms with Crippen LogP contribution < -0.4 is 15.4 Å². The minimum atomic E-state index is -0.156. The van der Waals surface area contributed by atoms with Crippen LogP contribution in [-0.2, 0) is 13.0 Å². The predicted octanol–water partition coefficient (Wildman–Crippen LogP) is 2.91. The molecule has 23 heavy (non-hydrogen) atoms. The van der Waals surface area contributed by atoms with E-state index in [0.29, 0.717) is 6.54 Å². The molecule has 1 aromatic heterocycles. The van der Waals surface area contributed by atoms with Crippen molar-refractivity contribution >= 4 is 6.03 Å². The summed E-state index contributed by atoms with van der Waals surface area (Å²) in [5.41, 5.74) is 2.21. The van der Waals surface area contributed by atoms with Gasteiger partial charge < -0.3 is 15.4 Å². The fraction of sp³-hybridized carbons (Fsp3) is 0.333. The average molecular weight is 313 g/mol. The molecule has 0 fully saturated rings. The minimum Gasteiger partial charge on any atom is -0.497 e. The van der Waals surface area contributed by atoms with Gasteiger partial charge in [-0.05, 0) is 49.1 Å². The van der Waals surface area contributed by atoms with Crippen molar-refractivity contribution in [3.63, 3.8) is 0 Å². The highest BCUT2D eigenvalue weighted by atomic mass is 16.5. The first-order valence-corrected chi connectivity index (χ1v) is 7.73. The zero-order chi connectivity index (χ0) is 16.5. The van der Waals surface area contributed by atoms with E-state index in [1.807, 2.05) is 43.3 Å². The lowest BCUT2D eigenvalue weighted by Gasteiger charge is -2.15. The first-order valence-electron chi connectivity index (χ1n) is 7.73. The molecule has 122 valence electrons. The van der Waals surface area contributed by atoms with Crippen molar-refractivity contribution in [3.05, 3.63) is 59.9 Å². The molecule has 0 aliphatic carbocycles. The molecule has 2 amide bonds. The summed E-state index contributed by atoms with van der Waals surface area (Å²) >= 11 is 0. The number of pyridine rings is 1. The van der Waals surface area contributed by atoms with Gasteiger partial charge >= 0.3 is 6.03 Å². The molecule has 2 rings (SSSR count). The third kappa shape index (κ3) is 5.98. The summed E-state index contributed by atoms with van der Waals surface area (Å²) in [7, 11) is 1.66. The van der Waals surface area contributed by atoms with Crippen LogP contribution in [0, 0.1) is 0 Å². The summed E-state index contributed by atoms with van der Waals surface area (Å²) in [6, 6.07) is 11.7. The van der Waals surface area contributed by atoms with Gasteiger partial charge in [0.1, 0.15) is 5.75 Å². The smallest absolute Gasteiger partial charge is 0.315 e. The summed E-state index contributed by atoms with van der Waals surface area (Å²) in [5.74, 6) is 0.856. The zero-order valence-corrected chi connectivity index (χ0v) is 13.6. The normalized spacial score (nSPS) is 11.6. The Balaban J connectivity index is 1.69.